The lowest BCUT2D eigenvalue weighted by molar-refractivity contribution is -0.116. The number of amides is 1. The van der Waals surface area contributed by atoms with E-state index < -0.39 is 51.6 Å². The van der Waals surface area contributed by atoms with Gasteiger partial charge in [0, 0.05) is 12.6 Å². The van der Waals surface area contributed by atoms with Gasteiger partial charge >= 0.3 is 18.3 Å². The van der Waals surface area contributed by atoms with Crippen LogP contribution in [-0.2, 0) is 25.4 Å². The molecule has 0 aromatic carbocycles. The molecular weight excluding hydrogens is 495 g/mol. The molecule has 0 fully saturated rings. The Labute approximate surface area is 198 Å². The van der Waals surface area contributed by atoms with Gasteiger partial charge in [0.05, 0.1) is 0 Å². The van der Waals surface area contributed by atoms with Gasteiger partial charge in [-0.3, -0.25) is 4.79 Å². The van der Waals surface area contributed by atoms with E-state index in [1.807, 2.05) is 0 Å². The minimum absolute atomic E-state index is 0.179. The molecule has 0 heterocycles. The summed E-state index contributed by atoms with van der Waals surface area (Å²) in [7, 11) is -13.4. The van der Waals surface area contributed by atoms with Gasteiger partial charge in [-0.05, 0) is 91.1 Å². The standard InChI is InChI=1S/C18H47NO6Si6/c1-14-18(20)19-16-15-17-31(24-29(8,9)10,25-30(11,12)13)23-26(21-27(2,3)4)22-28(5,6)7/h14,26H,1,15-17H2,2-13H3,(H,19,20). The van der Waals surface area contributed by atoms with Crippen LogP contribution in [0, 0.1) is 0 Å². The zero-order valence-electron chi connectivity index (χ0n) is 21.9. The minimum Gasteiger partial charge on any atom is -0.419 e. The third-order valence-corrected chi connectivity index (χ3v) is 21.0. The van der Waals surface area contributed by atoms with Gasteiger partial charge in [0.1, 0.15) is 0 Å². The SMILES string of the molecule is C=CC(=O)NCCC[Si](O[SiH](O[Si](C)(C)C)O[Si](C)(C)C)(O[Si](C)(C)C)O[Si](C)(C)C. The van der Waals surface area contributed by atoms with Crippen LogP contribution in [0.1, 0.15) is 6.42 Å². The molecule has 0 radical (unpaired) electrons. The zero-order valence-corrected chi connectivity index (χ0v) is 28.1. The van der Waals surface area contributed by atoms with Gasteiger partial charge in [-0.15, -0.1) is 0 Å². The summed E-state index contributed by atoms with van der Waals surface area (Å²) in [6.45, 7) is 29.8. The predicted octanol–water partition coefficient (Wildman–Crippen LogP) is 4.76. The highest BCUT2D eigenvalue weighted by atomic mass is 28.5. The van der Waals surface area contributed by atoms with E-state index in [4.69, 9.17) is 20.6 Å². The van der Waals surface area contributed by atoms with Gasteiger partial charge in [-0.1, -0.05) is 6.58 Å². The molecule has 0 aromatic rings. The van der Waals surface area contributed by atoms with E-state index >= 15 is 0 Å². The molecule has 0 saturated heterocycles. The fourth-order valence-electron chi connectivity index (χ4n) is 2.55. The molecule has 0 aliphatic rings. The summed E-state index contributed by atoms with van der Waals surface area (Å²) in [5.74, 6) is -0.179. The second-order valence-electron chi connectivity index (χ2n) is 11.6. The average molecular weight is 542 g/mol. The maximum atomic E-state index is 11.6. The van der Waals surface area contributed by atoms with Crippen molar-refractivity contribution in [2.75, 3.05) is 6.54 Å². The lowest BCUT2D eigenvalue weighted by atomic mass is 10.4. The molecule has 0 saturated carbocycles. The molecule has 0 aromatic heterocycles. The van der Waals surface area contributed by atoms with E-state index in [0.29, 0.717) is 19.0 Å². The van der Waals surface area contributed by atoms with Gasteiger partial charge in [0.25, 0.3) is 0 Å². The number of hydrogen-bond acceptors (Lipinski definition) is 6. The molecule has 0 spiro atoms. The van der Waals surface area contributed by atoms with Crippen LogP contribution in [0.3, 0.4) is 0 Å². The van der Waals surface area contributed by atoms with Gasteiger partial charge in [0.15, 0.2) is 33.3 Å². The van der Waals surface area contributed by atoms with Crippen LogP contribution in [0.4, 0.5) is 0 Å². The Morgan fingerprint density at radius 2 is 1.19 bits per heavy atom. The minimum atomic E-state index is -3.11. The topological polar surface area (TPSA) is 75.3 Å². The first-order chi connectivity index (χ1) is 13.7. The summed E-state index contributed by atoms with van der Waals surface area (Å²) in [5.41, 5.74) is 0. The Morgan fingerprint density at radius 3 is 1.52 bits per heavy atom. The van der Waals surface area contributed by atoms with Crippen molar-refractivity contribution in [3.05, 3.63) is 12.7 Å². The molecule has 13 heteroatoms. The van der Waals surface area contributed by atoms with Crippen LogP contribution in [0.5, 0.6) is 0 Å². The third-order valence-electron chi connectivity index (χ3n) is 3.24. The molecule has 0 aliphatic heterocycles. The van der Waals surface area contributed by atoms with Crippen molar-refractivity contribution in [2.24, 2.45) is 0 Å². The maximum Gasteiger partial charge on any atom is 0.472 e. The highest BCUT2D eigenvalue weighted by Gasteiger charge is 2.50. The van der Waals surface area contributed by atoms with Crippen LogP contribution >= 0.6 is 0 Å². The van der Waals surface area contributed by atoms with Crippen molar-refractivity contribution in [1.29, 1.82) is 0 Å². The first-order valence-corrected chi connectivity index (χ1v) is 28.0. The summed E-state index contributed by atoms with van der Waals surface area (Å²) in [5, 5.41) is 2.84. The lowest BCUT2D eigenvalue weighted by Crippen LogP contribution is -2.61. The lowest BCUT2D eigenvalue weighted by Gasteiger charge is -2.42. The Morgan fingerprint density at radius 1 is 0.774 bits per heavy atom. The van der Waals surface area contributed by atoms with Crippen molar-refractivity contribution < 1.29 is 25.4 Å². The summed E-state index contributed by atoms with van der Waals surface area (Å²) in [6, 6.07) is 0.618. The van der Waals surface area contributed by atoms with E-state index in [2.05, 4.69) is 90.5 Å². The Bertz CT molecular complexity index is 548. The molecule has 31 heavy (non-hydrogen) atoms. The Balaban J connectivity index is 5.96. The van der Waals surface area contributed by atoms with Crippen molar-refractivity contribution in [1.82, 2.24) is 5.32 Å². The van der Waals surface area contributed by atoms with Crippen molar-refractivity contribution in [2.45, 2.75) is 91.0 Å². The maximum absolute atomic E-state index is 11.6. The molecule has 1 amide bonds. The molecule has 0 aliphatic carbocycles. The van der Waals surface area contributed by atoms with Gasteiger partial charge < -0.3 is 25.9 Å². The molecule has 7 nitrogen and oxygen atoms in total. The van der Waals surface area contributed by atoms with Crippen LogP contribution in [0.25, 0.3) is 0 Å². The van der Waals surface area contributed by atoms with E-state index in [1.54, 1.807) is 0 Å². The normalized spacial score (nSPS) is 14.1. The molecule has 0 atom stereocenters. The zero-order chi connectivity index (χ0) is 24.7. The van der Waals surface area contributed by atoms with Gasteiger partial charge in [0.2, 0.25) is 5.91 Å². The summed E-state index contributed by atoms with van der Waals surface area (Å²) in [4.78, 5) is 11.6. The van der Waals surface area contributed by atoms with Crippen molar-refractivity contribution in [3.63, 3.8) is 0 Å². The quantitative estimate of drug-likeness (QED) is 0.183. The van der Waals surface area contributed by atoms with Gasteiger partial charge in [-0.25, -0.2) is 0 Å². The molecule has 0 unspecified atom stereocenters. The van der Waals surface area contributed by atoms with Gasteiger partial charge in [-0.2, -0.15) is 0 Å². The van der Waals surface area contributed by atoms with E-state index in [0.717, 1.165) is 0 Å². The molecular formula is C18H47NO6Si6. The third kappa shape index (κ3) is 17.5. The number of rotatable bonds is 15. The fourth-order valence-corrected chi connectivity index (χ4v) is 21.4. The highest BCUT2D eigenvalue weighted by molar-refractivity contribution is 6.89. The van der Waals surface area contributed by atoms with E-state index in [9.17, 15) is 4.79 Å². The second-order valence-corrected chi connectivity index (χ2v) is 35.4. The number of carbonyl (C=O) groups is 1. The van der Waals surface area contributed by atoms with Crippen molar-refractivity contribution >= 4 is 57.5 Å². The highest BCUT2D eigenvalue weighted by Crippen LogP contribution is 2.29. The average Bonchev–Trinajstić information content (AvgIpc) is 2.44. The first-order valence-electron chi connectivity index (χ1n) is 11.0. The predicted molar refractivity (Wildman–Crippen MR) is 144 cm³/mol. The number of carbonyl (C=O) groups excluding carboxylic acids is 1. The monoisotopic (exact) mass is 541 g/mol. The summed E-state index contributed by atoms with van der Waals surface area (Å²) < 4.78 is 33.1. The summed E-state index contributed by atoms with van der Waals surface area (Å²) >= 11 is 0. The molecule has 1 N–H and O–H groups in total. The summed E-state index contributed by atoms with van der Waals surface area (Å²) in [6.07, 6.45) is 1.98. The molecule has 0 bridgehead atoms. The van der Waals surface area contributed by atoms with E-state index in [1.165, 1.54) is 6.08 Å². The van der Waals surface area contributed by atoms with E-state index in [-0.39, 0.29) is 5.91 Å². The van der Waals surface area contributed by atoms with Crippen LogP contribution in [-0.4, -0.2) is 64.1 Å². The van der Waals surface area contributed by atoms with Crippen LogP contribution in [0.2, 0.25) is 84.6 Å². The number of nitrogens with one attached hydrogen (secondary N) is 1. The van der Waals surface area contributed by atoms with Crippen molar-refractivity contribution in [3.8, 4) is 0 Å². The van der Waals surface area contributed by atoms with Crippen LogP contribution < -0.4 is 5.32 Å². The Hall–Kier alpha value is 0.311. The largest absolute Gasteiger partial charge is 0.472 e. The second kappa shape index (κ2) is 12.1. The first kappa shape index (κ1) is 31.3. The number of hydrogen-bond donors (Lipinski definition) is 1. The molecule has 0 rings (SSSR count). The fraction of sp³-hybridized carbons (Fsp3) is 0.833. The Kier molecular flexibility index (Phi) is 12.3. The molecule has 184 valence electrons. The van der Waals surface area contributed by atoms with Crippen LogP contribution in [0.15, 0.2) is 12.7 Å². The smallest absolute Gasteiger partial charge is 0.419 e.